The first-order valence-electron chi connectivity index (χ1n) is 8.21. The van der Waals surface area contributed by atoms with Crippen LogP contribution in [0.4, 0.5) is 5.69 Å². The highest BCUT2D eigenvalue weighted by molar-refractivity contribution is 5.90. The van der Waals surface area contributed by atoms with Crippen molar-refractivity contribution in [3.63, 3.8) is 0 Å². The molecule has 0 bridgehead atoms. The molecule has 3 aromatic rings. The maximum absolute atomic E-state index is 12.3. The van der Waals surface area contributed by atoms with Crippen molar-refractivity contribution in [3.8, 4) is 0 Å². The molecular formula is C18H22ClN5O2. The molecule has 0 spiro atoms. The number of aromatic nitrogens is 3. The van der Waals surface area contributed by atoms with Crippen LogP contribution < -0.4 is 16.7 Å². The SMILES string of the molecule is CC(N)CCC(=O)Nc1cccc(Cn2nc3ccccn3c2=O)c1.Cl. The van der Waals surface area contributed by atoms with Gasteiger partial charge in [0.1, 0.15) is 0 Å². The van der Waals surface area contributed by atoms with Crippen LogP contribution >= 0.6 is 12.4 Å². The molecule has 0 saturated heterocycles. The summed E-state index contributed by atoms with van der Waals surface area (Å²) in [4.78, 5) is 24.2. The van der Waals surface area contributed by atoms with Gasteiger partial charge in [0.15, 0.2) is 5.65 Å². The van der Waals surface area contributed by atoms with Crippen molar-refractivity contribution in [2.75, 3.05) is 5.32 Å². The van der Waals surface area contributed by atoms with E-state index in [2.05, 4.69) is 10.4 Å². The fourth-order valence-corrected chi connectivity index (χ4v) is 2.57. The van der Waals surface area contributed by atoms with Crippen molar-refractivity contribution < 1.29 is 4.79 Å². The number of carbonyl (C=O) groups excluding carboxylic acids is 1. The summed E-state index contributed by atoms with van der Waals surface area (Å²) in [7, 11) is 0. The Morgan fingerprint density at radius 3 is 2.81 bits per heavy atom. The number of nitrogens with one attached hydrogen (secondary N) is 1. The van der Waals surface area contributed by atoms with Crippen LogP contribution in [-0.4, -0.2) is 26.1 Å². The molecule has 0 saturated carbocycles. The Morgan fingerprint density at radius 2 is 2.08 bits per heavy atom. The molecule has 0 aliphatic heterocycles. The van der Waals surface area contributed by atoms with Gasteiger partial charge in [0, 0.05) is 24.3 Å². The number of halogens is 1. The Hall–Kier alpha value is -2.64. The molecule has 2 heterocycles. The van der Waals surface area contributed by atoms with E-state index in [4.69, 9.17) is 5.73 Å². The summed E-state index contributed by atoms with van der Waals surface area (Å²) in [6, 6.07) is 12.8. The van der Waals surface area contributed by atoms with Crippen molar-refractivity contribution in [1.29, 1.82) is 0 Å². The number of carbonyl (C=O) groups is 1. The van der Waals surface area contributed by atoms with E-state index < -0.39 is 0 Å². The van der Waals surface area contributed by atoms with E-state index in [0.29, 0.717) is 30.7 Å². The van der Waals surface area contributed by atoms with Crippen molar-refractivity contribution >= 4 is 29.6 Å². The summed E-state index contributed by atoms with van der Waals surface area (Å²) in [5, 5.41) is 7.17. The molecule has 0 aliphatic carbocycles. The minimum Gasteiger partial charge on any atom is -0.328 e. The first-order valence-corrected chi connectivity index (χ1v) is 8.21. The molecular weight excluding hydrogens is 354 g/mol. The molecule has 3 N–H and O–H groups in total. The average molecular weight is 376 g/mol. The number of nitrogens with two attached hydrogens (primary N) is 1. The van der Waals surface area contributed by atoms with Gasteiger partial charge in [0.05, 0.1) is 6.54 Å². The summed E-state index contributed by atoms with van der Waals surface area (Å²) in [6.07, 6.45) is 2.71. The smallest absolute Gasteiger partial charge is 0.328 e. The van der Waals surface area contributed by atoms with E-state index in [0.717, 1.165) is 5.56 Å². The monoisotopic (exact) mass is 375 g/mol. The molecule has 8 heteroatoms. The lowest BCUT2D eigenvalue weighted by Gasteiger charge is -2.08. The zero-order valence-electron chi connectivity index (χ0n) is 14.5. The van der Waals surface area contributed by atoms with E-state index >= 15 is 0 Å². The Morgan fingerprint density at radius 1 is 1.27 bits per heavy atom. The topological polar surface area (TPSA) is 94.4 Å². The molecule has 7 nitrogen and oxygen atoms in total. The number of fused-ring (bicyclic) bond motifs is 1. The normalized spacial score (nSPS) is 11.8. The number of pyridine rings is 1. The van der Waals surface area contributed by atoms with Crippen LogP contribution in [0.3, 0.4) is 0 Å². The van der Waals surface area contributed by atoms with Gasteiger partial charge in [-0.15, -0.1) is 17.5 Å². The second kappa shape index (κ2) is 8.64. The van der Waals surface area contributed by atoms with Crippen molar-refractivity contribution in [3.05, 3.63) is 64.7 Å². The van der Waals surface area contributed by atoms with Gasteiger partial charge in [0.25, 0.3) is 0 Å². The lowest BCUT2D eigenvalue weighted by Crippen LogP contribution is -2.21. The van der Waals surface area contributed by atoms with Crippen molar-refractivity contribution in [2.24, 2.45) is 5.73 Å². The number of amides is 1. The van der Waals surface area contributed by atoms with Crippen LogP contribution in [0.5, 0.6) is 0 Å². The molecule has 1 unspecified atom stereocenters. The molecule has 1 atom stereocenters. The third-order valence-electron chi connectivity index (χ3n) is 3.86. The number of rotatable bonds is 6. The number of nitrogens with zero attached hydrogens (tertiary/aromatic N) is 3. The minimum atomic E-state index is -0.193. The molecule has 1 amide bonds. The number of hydrogen-bond acceptors (Lipinski definition) is 4. The molecule has 0 radical (unpaired) electrons. The van der Waals surface area contributed by atoms with Crippen LogP contribution in [0.25, 0.3) is 5.65 Å². The van der Waals surface area contributed by atoms with Crippen LogP contribution in [0.1, 0.15) is 25.3 Å². The first kappa shape index (κ1) is 19.7. The van der Waals surface area contributed by atoms with Gasteiger partial charge in [-0.1, -0.05) is 18.2 Å². The van der Waals surface area contributed by atoms with Crippen LogP contribution in [0, 0.1) is 0 Å². The van der Waals surface area contributed by atoms with E-state index in [1.165, 1.54) is 9.08 Å². The highest BCUT2D eigenvalue weighted by Gasteiger charge is 2.08. The highest BCUT2D eigenvalue weighted by Crippen LogP contribution is 2.12. The minimum absolute atomic E-state index is 0. The van der Waals surface area contributed by atoms with Crippen LogP contribution in [0.2, 0.25) is 0 Å². The van der Waals surface area contributed by atoms with Crippen molar-refractivity contribution in [1.82, 2.24) is 14.2 Å². The van der Waals surface area contributed by atoms with E-state index in [1.807, 2.05) is 37.3 Å². The summed E-state index contributed by atoms with van der Waals surface area (Å²) in [5.74, 6) is -0.0700. The Kier molecular flexibility index (Phi) is 6.54. The zero-order valence-corrected chi connectivity index (χ0v) is 15.3. The molecule has 2 aromatic heterocycles. The standard InChI is InChI=1S/C18H21N5O2.ClH/c1-13(19)8-9-17(24)20-15-6-4-5-14(11-15)12-23-18(25)22-10-3-2-7-16(22)21-23;/h2-7,10-11,13H,8-9,12,19H2,1H3,(H,20,24);1H. The maximum atomic E-state index is 12.3. The average Bonchev–Trinajstić information content (AvgIpc) is 2.90. The lowest BCUT2D eigenvalue weighted by atomic mass is 10.1. The summed E-state index contributed by atoms with van der Waals surface area (Å²) in [6.45, 7) is 2.21. The van der Waals surface area contributed by atoms with Crippen molar-refractivity contribution in [2.45, 2.75) is 32.4 Å². The third kappa shape index (κ3) is 4.71. The maximum Gasteiger partial charge on any atom is 0.350 e. The van der Waals surface area contributed by atoms with Gasteiger partial charge in [0.2, 0.25) is 5.91 Å². The summed E-state index contributed by atoms with van der Waals surface area (Å²) in [5.41, 5.74) is 7.66. The summed E-state index contributed by atoms with van der Waals surface area (Å²) < 4.78 is 2.91. The van der Waals surface area contributed by atoms with Gasteiger partial charge < -0.3 is 11.1 Å². The predicted octanol–water partition coefficient (Wildman–Crippen LogP) is 2.03. The summed E-state index contributed by atoms with van der Waals surface area (Å²) >= 11 is 0. The number of anilines is 1. The Bertz CT molecular complexity index is 948. The Balaban J connectivity index is 0.00000243. The number of hydrogen-bond donors (Lipinski definition) is 2. The molecule has 1 aromatic carbocycles. The predicted molar refractivity (Wildman–Crippen MR) is 104 cm³/mol. The fourth-order valence-electron chi connectivity index (χ4n) is 2.57. The largest absolute Gasteiger partial charge is 0.350 e. The van der Waals surface area contributed by atoms with Gasteiger partial charge in [-0.25, -0.2) is 9.48 Å². The van der Waals surface area contributed by atoms with E-state index in [1.54, 1.807) is 18.3 Å². The van der Waals surface area contributed by atoms with E-state index in [-0.39, 0.29) is 30.0 Å². The third-order valence-corrected chi connectivity index (χ3v) is 3.86. The van der Waals surface area contributed by atoms with Gasteiger partial charge in [-0.3, -0.25) is 9.20 Å². The molecule has 26 heavy (non-hydrogen) atoms. The van der Waals surface area contributed by atoms with E-state index in [9.17, 15) is 9.59 Å². The fraction of sp³-hybridized carbons (Fsp3) is 0.278. The zero-order chi connectivity index (χ0) is 17.8. The second-order valence-electron chi connectivity index (χ2n) is 6.13. The number of benzene rings is 1. The quantitative estimate of drug-likeness (QED) is 0.689. The molecule has 0 aliphatic rings. The molecule has 0 fully saturated rings. The van der Waals surface area contributed by atoms with Gasteiger partial charge >= 0.3 is 5.69 Å². The second-order valence-corrected chi connectivity index (χ2v) is 6.13. The van der Waals surface area contributed by atoms with Gasteiger partial charge in [-0.05, 0) is 43.2 Å². The molecule has 3 rings (SSSR count). The lowest BCUT2D eigenvalue weighted by molar-refractivity contribution is -0.116. The first-order chi connectivity index (χ1) is 12.0. The van der Waals surface area contributed by atoms with Gasteiger partial charge in [-0.2, -0.15) is 0 Å². The van der Waals surface area contributed by atoms with Crippen LogP contribution in [0.15, 0.2) is 53.5 Å². The Labute approximate surface area is 157 Å². The molecule has 138 valence electrons. The van der Waals surface area contributed by atoms with Crippen LogP contribution in [-0.2, 0) is 11.3 Å². The highest BCUT2D eigenvalue weighted by atomic mass is 35.5.